The lowest BCUT2D eigenvalue weighted by Crippen LogP contribution is -2.37. The van der Waals surface area contributed by atoms with Crippen LogP contribution in [0.25, 0.3) is 0 Å². The highest BCUT2D eigenvalue weighted by atomic mass is 32.1. The molecule has 3 heterocycles. The van der Waals surface area contributed by atoms with E-state index in [4.69, 9.17) is 0 Å². The van der Waals surface area contributed by atoms with Crippen molar-refractivity contribution in [2.24, 2.45) is 0 Å². The molecule has 4 rings (SSSR count). The summed E-state index contributed by atoms with van der Waals surface area (Å²) in [6.07, 6.45) is 9.51. The molecule has 1 aliphatic heterocycles. The fourth-order valence-electron chi connectivity index (χ4n) is 3.49. The molecule has 2 aromatic heterocycles. The molecule has 1 aliphatic carbocycles. The Labute approximate surface area is 128 Å². The van der Waals surface area contributed by atoms with Crippen LogP contribution < -0.4 is 0 Å². The van der Waals surface area contributed by atoms with Gasteiger partial charge in [0.1, 0.15) is 0 Å². The number of hydrogen-bond donors (Lipinski definition) is 0. The quantitative estimate of drug-likeness (QED) is 0.874. The van der Waals surface area contributed by atoms with E-state index in [0.29, 0.717) is 0 Å². The van der Waals surface area contributed by atoms with Crippen molar-refractivity contribution >= 4 is 17.2 Å². The van der Waals surface area contributed by atoms with E-state index in [2.05, 4.69) is 16.1 Å². The van der Waals surface area contributed by atoms with Crippen LogP contribution in [-0.2, 0) is 19.4 Å². The van der Waals surface area contributed by atoms with Crippen LogP contribution in [0.2, 0.25) is 0 Å². The Hall–Kier alpha value is -1.62. The van der Waals surface area contributed by atoms with Gasteiger partial charge in [0.15, 0.2) is 0 Å². The zero-order chi connectivity index (χ0) is 14.2. The smallest absolute Gasteiger partial charge is 0.264 e. The van der Waals surface area contributed by atoms with Crippen LogP contribution in [0, 0.1) is 0 Å². The average molecular weight is 301 g/mol. The summed E-state index contributed by atoms with van der Waals surface area (Å²) in [5.41, 5.74) is 1.41. The number of rotatable bonds is 3. The minimum atomic E-state index is 0.226. The first kappa shape index (κ1) is 13.1. The monoisotopic (exact) mass is 301 g/mol. The number of nitrogens with zero attached hydrogens (tertiary/aromatic N) is 3. The van der Waals surface area contributed by atoms with E-state index >= 15 is 0 Å². The van der Waals surface area contributed by atoms with Gasteiger partial charge in [-0.1, -0.05) is 0 Å². The molecule has 0 radical (unpaired) electrons. The van der Waals surface area contributed by atoms with Crippen LogP contribution in [0.1, 0.15) is 39.4 Å². The van der Waals surface area contributed by atoms with Crippen molar-refractivity contribution in [1.82, 2.24) is 14.7 Å². The Balaban J connectivity index is 1.52. The fraction of sp³-hybridized carbons (Fsp3) is 0.500. The molecule has 0 unspecified atom stereocenters. The summed E-state index contributed by atoms with van der Waals surface area (Å²) in [5.74, 6) is 0.226. The third-order valence-corrected chi connectivity index (χ3v) is 5.78. The number of aromatic nitrogens is 2. The second kappa shape index (κ2) is 5.30. The van der Waals surface area contributed by atoms with Crippen molar-refractivity contribution in [3.63, 3.8) is 0 Å². The molecule has 2 aliphatic rings. The van der Waals surface area contributed by atoms with Gasteiger partial charge in [-0.25, -0.2) is 0 Å². The van der Waals surface area contributed by atoms with Gasteiger partial charge in [-0.3, -0.25) is 9.48 Å². The van der Waals surface area contributed by atoms with Crippen LogP contribution in [0.5, 0.6) is 0 Å². The molecule has 1 fully saturated rings. The van der Waals surface area contributed by atoms with E-state index < -0.39 is 0 Å². The molecule has 0 aromatic carbocycles. The predicted octanol–water partition coefficient (Wildman–Crippen LogP) is 2.74. The molecule has 4 nitrogen and oxygen atoms in total. The van der Waals surface area contributed by atoms with Crippen molar-refractivity contribution in [2.75, 3.05) is 6.54 Å². The Morgan fingerprint density at radius 3 is 3.14 bits per heavy atom. The molecule has 1 saturated heterocycles. The van der Waals surface area contributed by atoms with E-state index in [0.717, 1.165) is 43.6 Å². The molecule has 5 heteroatoms. The van der Waals surface area contributed by atoms with Crippen LogP contribution in [0.3, 0.4) is 0 Å². The Morgan fingerprint density at radius 2 is 2.33 bits per heavy atom. The molecule has 0 saturated carbocycles. The lowest BCUT2D eigenvalue weighted by atomic mass is 10.2. The Kier molecular flexibility index (Phi) is 3.30. The summed E-state index contributed by atoms with van der Waals surface area (Å²) in [5, 5.41) is 4.27. The van der Waals surface area contributed by atoms with Gasteiger partial charge in [-0.15, -0.1) is 11.3 Å². The molecular weight excluding hydrogens is 282 g/mol. The number of amides is 1. The minimum Gasteiger partial charge on any atom is -0.333 e. The van der Waals surface area contributed by atoms with Crippen molar-refractivity contribution < 1.29 is 4.79 Å². The van der Waals surface area contributed by atoms with Crippen LogP contribution in [0.4, 0.5) is 0 Å². The van der Waals surface area contributed by atoms with Gasteiger partial charge >= 0.3 is 0 Å². The van der Waals surface area contributed by atoms with E-state index in [9.17, 15) is 4.79 Å². The van der Waals surface area contributed by atoms with Crippen LogP contribution >= 0.6 is 11.3 Å². The third kappa shape index (κ3) is 2.39. The summed E-state index contributed by atoms with van der Waals surface area (Å²) in [4.78, 5) is 17.2. The van der Waals surface area contributed by atoms with Crippen molar-refractivity contribution in [1.29, 1.82) is 0 Å². The maximum Gasteiger partial charge on any atom is 0.264 e. The van der Waals surface area contributed by atoms with Gasteiger partial charge in [0.05, 0.1) is 17.5 Å². The number of fused-ring (bicyclic) bond motifs is 1. The molecule has 1 atom stereocenters. The SMILES string of the molecule is O=C(c1cc2c(s1)CCC2)N1CCC[C@H]1Cn1cccn1. The minimum absolute atomic E-state index is 0.226. The van der Waals surface area contributed by atoms with Gasteiger partial charge in [0.25, 0.3) is 5.91 Å². The van der Waals surface area contributed by atoms with Crippen LogP contribution in [0.15, 0.2) is 24.5 Å². The average Bonchev–Trinajstić information content (AvgIpc) is 3.23. The molecule has 1 amide bonds. The number of carbonyl (C=O) groups is 1. The highest BCUT2D eigenvalue weighted by Gasteiger charge is 2.31. The summed E-state index contributed by atoms with van der Waals surface area (Å²) in [6.45, 7) is 1.69. The number of carbonyl (C=O) groups excluding carboxylic acids is 1. The first-order valence-corrected chi connectivity index (χ1v) is 8.53. The van der Waals surface area contributed by atoms with Gasteiger partial charge in [-0.05, 0) is 49.8 Å². The van der Waals surface area contributed by atoms with Crippen molar-refractivity contribution in [3.8, 4) is 0 Å². The summed E-state index contributed by atoms with van der Waals surface area (Å²) >= 11 is 1.71. The first-order valence-electron chi connectivity index (χ1n) is 7.71. The second-order valence-electron chi connectivity index (χ2n) is 5.94. The molecule has 21 heavy (non-hydrogen) atoms. The molecule has 0 spiro atoms. The number of thiophene rings is 1. The van der Waals surface area contributed by atoms with E-state index in [1.807, 2.05) is 16.9 Å². The largest absolute Gasteiger partial charge is 0.333 e. The summed E-state index contributed by atoms with van der Waals surface area (Å²) in [7, 11) is 0. The Morgan fingerprint density at radius 1 is 1.38 bits per heavy atom. The maximum absolute atomic E-state index is 12.8. The first-order chi connectivity index (χ1) is 10.3. The maximum atomic E-state index is 12.8. The fourth-order valence-corrected chi connectivity index (χ4v) is 4.70. The second-order valence-corrected chi connectivity index (χ2v) is 7.07. The molecule has 110 valence electrons. The normalized spacial score (nSPS) is 21.0. The lowest BCUT2D eigenvalue weighted by Gasteiger charge is -2.24. The zero-order valence-corrected chi connectivity index (χ0v) is 12.8. The lowest BCUT2D eigenvalue weighted by molar-refractivity contribution is 0.0726. The third-order valence-electron chi connectivity index (χ3n) is 4.55. The van der Waals surface area contributed by atoms with Crippen LogP contribution in [-0.4, -0.2) is 33.2 Å². The summed E-state index contributed by atoms with van der Waals surface area (Å²) in [6, 6.07) is 4.36. The molecule has 0 N–H and O–H groups in total. The van der Waals surface area contributed by atoms with Gasteiger partial charge in [-0.2, -0.15) is 5.10 Å². The summed E-state index contributed by atoms with van der Waals surface area (Å²) < 4.78 is 1.94. The van der Waals surface area contributed by atoms with E-state index in [-0.39, 0.29) is 11.9 Å². The van der Waals surface area contributed by atoms with Gasteiger partial charge in [0, 0.05) is 23.8 Å². The standard InChI is InChI=1S/C16H19N3OS/c20-16(15-10-12-4-1-6-14(12)21-15)19-9-2-5-13(19)11-18-8-3-7-17-18/h3,7-8,10,13H,1-2,4-6,9,11H2/t13-/m0/s1. The van der Waals surface area contributed by atoms with Gasteiger partial charge in [0.2, 0.25) is 0 Å². The molecule has 2 aromatic rings. The highest BCUT2D eigenvalue weighted by Crippen LogP contribution is 2.32. The molecule has 0 bridgehead atoms. The number of hydrogen-bond acceptors (Lipinski definition) is 3. The van der Waals surface area contributed by atoms with E-state index in [1.54, 1.807) is 17.5 Å². The number of aryl methyl sites for hydroxylation is 2. The zero-order valence-electron chi connectivity index (χ0n) is 12.0. The van der Waals surface area contributed by atoms with E-state index in [1.165, 1.54) is 16.9 Å². The highest BCUT2D eigenvalue weighted by molar-refractivity contribution is 7.14. The topological polar surface area (TPSA) is 38.1 Å². The predicted molar refractivity (Wildman–Crippen MR) is 82.6 cm³/mol. The van der Waals surface area contributed by atoms with Gasteiger partial charge < -0.3 is 4.90 Å². The molecular formula is C16H19N3OS. The van der Waals surface area contributed by atoms with Crippen molar-refractivity contribution in [2.45, 2.75) is 44.7 Å². The number of likely N-dealkylation sites (tertiary alicyclic amines) is 1. The van der Waals surface area contributed by atoms with Crippen molar-refractivity contribution in [3.05, 3.63) is 39.8 Å². The Bertz CT molecular complexity index is 625.